The number of carbonyl (C=O) groups is 1. The molecule has 0 unspecified atom stereocenters. The molecular formula is C25H25F2N7O. The standard InChI is InChI=1S/C25H25F2N7O/c1-15-16(2)32-34(18-6-4-3-5-7-18)24(15)31-25(35)30-23-14-33(19-11-28-29-12-19)13-20(23)17-8-9-21(26)22(27)10-17/h3-12,20,23H,13-14H2,1-2H3,(H,28,29)(H2,30,31,35)/t20-,23+/m0/s1. The van der Waals surface area contributed by atoms with Gasteiger partial charge in [-0.05, 0) is 43.7 Å². The van der Waals surface area contributed by atoms with E-state index in [1.165, 1.54) is 6.07 Å². The molecule has 8 nitrogen and oxygen atoms in total. The summed E-state index contributed by atoms with van der Waals surface area (Å²) in [5, 5.41) is 17.3. The number of halogens is 2. The van der Waals surface area contributed by atoms with Crippen LogP contribution < -0.4 is 15.5 Å². The minimum atomic E-state index is -0.912. The predicted molar refractivity (Wildman–Crippen MR) is 129 cm³/mol. The summed E-state index contributed by atoms with van der Waals surface area (Å²) in [6.07, 6.45) is 3.45. The topological polar surface area (TPSA) is 90.9 Å². The van der Waals surface area contributed by atoms with Gasteiger partial charge in [-0.2, -0.15) is 10.2 Å². The Labute approximate surface area is 201 Å². The number of amides is 2. The van der Waals surface area contributed by atoms with Crippen LogP contribution in [0.1, 0.15) is 22.7 Å². The van der Waals surface area contributed by atoms with Gasteiger partial charge in [0.1, 0.15) is 5.82 Å². The van der Waals surface area contributed by atoms with E-state index in [9.17, 15) is 13.6 Å². The number of carbonyl (C=O) groups excluding carboxylic acids is 1. The highest BCUT2D eigenvalue weighted by atomic mass is 19.2. The molecule has 0 bridgehead atoms. The van der Waals surface area contributed by atoms with Crippen LogP contribution in [-0.4, -0.2) is 45.1 Å². The molecule has 10 heteroatoms. The second kappa shape index (κ2) is 9.21. The van der Waals surface area contributed by atoms with Gasteiger partial charge < -0.3 is 10.2 Å². The molecule has 1 aliphatic rings. The summed E-state index contributed by atoms with van der Waals surface area (Å²) in [6.45, 7) is 4.77. The van der Waals surface area contributed by atoms with Crippen molar-refractivity contribution >= 4 is 17.5 Å². The molecule has 1 fully saturated rings. The Morgan fingerprint density at radius 1 is 1.06 bits per heavy atom. The number of rotatable bonds is 5. The van der Waals surface area contributed by atoms with E-state index in [1.807, 2.05) is 49.1 Å². The first-order valence-corrected chi connectivity index (χ1v) is 11.3. The molecule has 0 aliphatic carbocycles. The lowest BCUT2D eigenvalue weighted by Gasteiger charge is -2.21. The molecule has 4 aromatic rings. The number of hydrogen-bond acceptors (Lipinski definition) is 4. The molecule has 0 radical (unpaired) electrons. The Morgan fingerprint density at radius 2 is 1.86 bits per heavy atom. The quantitative estimate of drug-likeness (QED) is 0.400. The average Bonchev–Trinajstić information content (AvgIpc) is 3.58. The highest BCUT2D eigenvalue weighted by molar-refractivity contribution is 5.90. The van der Waals surface area contributed by atoms with Gasteiger partial charge >= 0.3 is 6.03 Å². The van der Waals surface area contributed by atoms with Crippen LogP contribution in [0.2, 0.25) is 0 Å². The number of aryl methyl sites for hydroxylation is 1. The van der Waals surface area contributed by atoms with Gasteiger partial charge in [0, 0.05) is 30.8 Å². The second-order valence-corrected chi connectivity index (χ2v) is 8.65. The van der Waals surface area contributed by atoms with Gasteiger partial charge in [-0.1, -0.05) is 24.3 Å². The van der Waals surface area contributed by atoms with Gasteiger partial charge in [0.15, 0.2) is 11.6 Å². The van der Waals surface area contributed by atoms with E-state index in [2.05, 4.69) is 25.9 Å². The Morgan fingerprint density at radius 3 is 2.57 bits per heavy atom. The Bertz CT molecular complexity index is 1340. The lowest BCUT2D eigenvalue weighted by Crippen LogP contribution is -2.42. The van der Waals surface area contributed by atoms with E-state index in [4.69, 9.17) is 0 Å². The van der Waals surface area contributed by atoms with Crippen LogP contribution in [0.3, 0.4) is 0 Å². The summed E-state index contributed by atoms with van der Waals surface area (Å²) in [4.78, 5) is 15.2. The molecule has 2 aromatic heterocycles. The zero-order valence-corrected chi connectivity index (χ0v) is 19.3. The molecule has 2 amide bonds. The fraction of sp³-hybridized carbons (Fsp3) is 0.240. The van der Waals surface area contributed by atoms with Crippen molar-refractivity contribution in [2.75, 3.05) is 23.3 Å². The summed E-state index contributed by atoms with van der Waals surface area (Å²) >= 11 is 0. The maximum Gasteiger partial charge on any atom is 0.320 e. The van der Waals surface area contributed by atoms with Crippen LogP contribution in [0.15, 0.2) is 60.9 Å². The summed E-state index contributed by atoms with van der Waals surface area (Å²) in [6, 6.07) is 12.7. The van der Waals surface area contributed by atoms with Crippen LogP contribution in [0.4, 0.5) is 25.1 Å². The van der Waals surface area contributed by atoms with E-state index < -0.39 is 17.7 Å². The number of H-pyrrole nitrogens is 1. The van der Waals surface area contributed by atoms with Crippen LogP contribution in [0.25, 0.3) is 5.69 Å². The van der Waals surface area contributed by atoms with Crippen molar-refractivity contribution in [3.63, 3.8) is 0 Å². The third-order valence-electron chi connectivity index (χ3n) is 6.45. The van der Waals surface area contributed by atoms with E-state index in [0.29, 0.717) is 24.5 Å². The number of nitrogens with one attached hydrogen (secondary N) is 3. The second-order valence-electron chi connectivity index (χ2n) is 8.65. The summed E-state index contributed by atoms with van der Waals surface area (Å²) in [5.74, 6) is -1.50. The Hall–Kier alpha value is -4.21. The number of hydrogen-bond donors (Lipinski definition) is 3. The fourth-order valence-electron chi connectivity index (χ4n) is 4.48. The van der Waals surface area contributed by atoms with Crippen molar-refractivity contribution in [2.24, 2.45) is 0 Å². The highest BCUT2D eigenvalue weighted by Crippen LogP contribution is 2.32. The minimum absolute atomic E-state index is 0.257. The molecule has 3 heterocycles. The first-order chi connectivity index (χ1) is 16.9. The van der Waals surface area contributed by atoms with Crippen LogP contribution in [0.5, 0.6) is 0 Å². The first kappa shape index (κ1) is 22.6. The minimum Gasteiger partial charge on any atom is -0.366 e. The van der Waals surface area contributed by atoms with Crippen molar-refractivity contribution in [3.8, 4) is 5.69 Å². The number of aromatic amines is 1. The van der Waals surface area contributed by atoms with Crippen molar-refractivity contribution in [1.82, 2.24) is 25.3 Å². The molecule has 180 valence electrons. The van der Waals surface area contributed by atoms with Crippen molar-refractivity contribution in [3.05, 3.63) is 89.4 Å². The molecule has 5 rings (SSSR count). The van der Waals surface area contributed by atoms with Crippen molar-refractivity contribution in [2.45, 2.75) is 25.8 Å². The lowest BCUT2D eigenvalue weighted by molar-refractivity contribution is 0.248. The number of aromatic nitrogens is 4. The molecule has 0 spiro atoms. The normalized spacial score (nSPS) is 17.5. The van der Waals surface area contributed by atoms with Crippen LogP contribution in [-0.2, 0) is 0 Å². The molecule has 2 atom stereocenters. The molecular weight excluding hydrogens is 452 g/mol. The number of nitrogens with zero attached hydrogens (tertiary/aromatic N) is 4. The first-order valence-electron chi connectivity index (χ1n) is 11.3. The van der Waals surface area contributed by atoms with E-state index in [0.717, 1.165) is 28.7 Å². The molecule has 2 aromatic carbocycles. The maximum absolute atomic E-state index is 14.0. The number of para-hydroxylation sites is 1. The monoisotopic (exact) mass is 477 g/mol. The lowest BCUT2D eigenvalue weighted by atomic mass is 9.94. The summed E-state index contributed by atoms with van der Waals surface area (Å²) < 4.78 is 29.3. The van der Waals surface area contributed by atoms with Crippen LogP contribution in [0, 0.1) is 25.5 Å². The van der Waals surface area contributed by atoms with Crippen molar-refractivity contribution < 1.29 is 13.6 Å². The molecule has 0 saturated carbocycles. The molecule has 1 saturated heterocycles. The van der Waals surface area contributed by atoms with Gasteiger partial charge in [0.25, 0.3) is 0 Å². The smallest absolute Gasteiger partial charge is 0.320 e. The maximum atomic E-state index is 14.0. The Balaban J connectivity index is 1.40. The third-order valence-corrected chi connectivity index (χ3v) is 6.45. The number of anilines is 2. The highest BCUT2D eigenvalue weighted by Gasteiger charge is 2.36. The largest absolute Gasteiger partial charge is 0.366 e. The summed E-state index contributed by atoms with van der Waals surface area (Å²) in [5.41, 5.74) is 3.95. The van der Waals surface area contributed by atoms with Gasteiger partial charge in [0.2, 0.25) is 0 Å². The fourth-order valence-corrected chi connectivity index (χ4v) is 4.48. The molecule has 1 aliphatic heterocycles. The van der Waals surface area contributed by atoms with Gasteiger partial charge in [-0.25, -0.2) is 18.3 Å². The average molecular weight is 478 g/mol. The van der Waals surface area contributed by atoms with E-state index >= 15 is 0 Å². The van der Waals surface area contributed by atoms with Gasteiger partial charge in [-0.15, -0.1) is 0 Å². The van der Waals surface area contributed by atoms with Gasteiger partial charge in [-0.3, -0.25) is 10.4 Å². The number of urea groups is 1. The number of benzene rings is 2. The zero-order valence-electron chi connectivity index (χ0n) is 19.3. The predicted octanol–water partition coefficient (Wildman–Crippen LogP) is 4.28. The Kier molecular flexibility index (Phi) is 5.94. The zero-order chi connectivity index (χ0) is 24.5. The van der Waals surface area contributed by atoms with Gasteiger partial charge in [0.05, 0.1) is 29.3 Å². The van der Waals surface area contributed by atoms with E-state index in [1.54, 1.807) is 23.1 Å². The van der Waals surface area contributed by atoms with E-state index in [-0.39, 0.29) is 12.0 Å². The molecule has 3 N–H and O–H groups in total. The summed E-state index contributed by atoms with van der Waals surface area (Å²) in [7, 11) is 0. The van der Waals surface area contributed by atoms with Crippen LogP contribution >= 0.6 is 0 Å². The third kappa shape index (κ3) is 4.46. The SMILES string of the molecule is Cc1nn(-c2ccccc2)c(NC(=O)N[C@@H]2CN(c3cn[nH]c3)C[C@H]2c2ccc(F)c(F)c2)c1C. The molecule has 35 heavy (non-hydrogen) atoms. The van der Waals surface area contributed by atoms with Crippen molar-refractivity contribution in [1.29, 1.82) is 0 Å².